The second-order valence-corrected chi connectivity index (χ2v) is 4.66. The standard InChI is InChI=1S/C13H17NO3S/c1-14(9-13(16)17-2)12(15)8-10-6-4-5-7-11(10)18-3/h4-7H,8-9H2,1-3H3. The van der Waals surface area contributed by atoms with Crippen molar-refractivity contribution in [3.63, 3.8) is 0 Å². The van der Waals surface area contributed by atoms with Crippen LogP contribution in [-0.2, 0) is 20.7 Å². The van der Waals surface area contributed by atoms with Crippen LogP contribution in [0.1, 0.15) is 5.56 Å². The highest BCUT2D eigenvalue weighted by atomic mass is 32.2. The van der Waals surface area contributed by atoms with E-state index in [-0.39, 0.29) is 12.5 Å². The SMILES string of the molecule is COC(=O)CN(C)C(=O)Cc1ccccc1SC. The average Bonchev–Trinajstić information content (AvgIpc) is 2.39. The smallest absolute Gasteiger partial charge is 0.325 e. The minimum Gasteiger partial charge on any atom is -0.468 e. The average molecular weight is 267 g/mol. The zero-order valence-corrected chi connectivity index (χ0v) is 11.6. The molecule has 0 radical (unpaired) electrons. The van der Waals surface area contributed by atoms with Crippen molar-refractivity contribution in [2.24, 2.45) is 0 Å². The van der Waals surface area contributed by atoms with E-state index in [1.54, 1.807) is 18.8 Å². The fraction of sp³-hybridized carbons (Fsp3) is 0.385. The van der Waals surface area contributed by atoms with Gasteiger partial charge < -0.3 is 9.64 Å². The molecule has 0 heterocycles. The van der Waals surface area contributed by atoms with Gasteiger partial charge in [0.05, 0.1) is 13.5 Å². The number of rotatable bonds is 5. The van der Waals surface area contributed by atoms with Gasteiger partial charge >= 0.3 is 5.97 Å². The summed E-state index contributed by atoms with van der Waals surface area (Å²) in [6.07, 6.45) is 2.27. The number of carbonyl (C=O) groups is 2. The van der Waals surface area contributed by atoms with Crippen molar-refractivity contribution < 1.29 is 14.3 Å². The first-order valence-corrected chi connectivity index (χ1v) is 6.73. The Labute approximate surface area is 111 Å². The Bertz CT molecular complexity index is 434. The van der Waals surface area contributed by atoms with Gasteiger partial charge in [-0.25, -0.2) is 0 Å². The summed E-state index contributed by atoms with van der Waals surface area (Å²) in [6, 6.07) is 7.75. The van der Waals surface area contributed by atoms with Crippen molar-refractivity contribution in [3.8, 4) is 0 Å². The molecule has 4 nitrogen and oxygen atoms in total. The summed E-state index contributed by atoms with van der Waals surface area (Å²) in [5.41, 5.74) is 0.978. The number of carbonyl (C=O) groups excluding carboxylic acids is 2. The largest absolute Gasteiger partial charge is 0.468 e. The molecule has 18 heavy (non-hydrogen) atoms. The molecule has 0 fully saturated rings. The minimum atomic E-state index is -0.413. The summed E-state index contributed by atoms with van der Waals surface area (Å²) in [4.78, 5) is 25.5. The molecule has 0 saturated carbocycles. The van der Waals surface area contributed by atoms with E-state index < -0.39 is 5.97 Å². The summed E-state index contributed by atoms with van der Waals surface area (Å²) < 4.78 is 4.53. The van der Waals surface area contributed by atoms with E-state index in [0.717, 1.165) is 10.5 Å². The monoisotopic (exact) mass is 267 g/mol. The van der Waals surface area contributed by atoms with Gasteiger partial charge in [0.2, 0.25) is 5.91 Å². The molecule has 0 spiro atoms. The topological polar surface area (TPSA) is 46.6 Å². The van der Waals surface area contributed by atoms with Crippen LogP contribution >= 0.6 is 11.8 Å². The molecular weight excluding hydrogens is 250 g/mol. The molecule has 0 bridgehead atoms. The van der Waals surface area contributed by atoms with Gasteiger partial charge in [-0.15, -0.1) is 11.8 Å². The second kappa shape index (κ2) is 7.06. The number of ether oxygens (including phenoxy) is 1. The van der Waals surface area contributed by atoms with Crippen molar-refractivity contribution in [1.29, 1.82) is 0 Å². The lowest BCUT2D eigenvalue weighted by Crippen LogP contribution is -2.33. The number of hydrogen-bond donors (Lipinski definition) is 0. The number of benzene rings is 1. The van der Waals surface area contributed by atoms with Gasteiger partial charge in [-0.3, -0.25) is 9.59 Å². The van der Waals surface area contributed by atoms with Crippen molar-refractivity contribution in [1.82, 2.24) is 4.90 Å². The van der Waals surface area contributed by atoms with Crippen LogP contribution in [0.3, 0.4) is 0 Å². The molecule has 0 atom stereocenters. The number of esters is 1. The lowest BCUT2D eigenvalue weighted by molar-refractivity contribution is -0.145. The summed E-state index contributed by atoms with van der Waals surface area (Å²) in [6.45, 7) is -0.0171. The van der Waals surface area contributed by atoms with Crippen LogP contribution in [0.25, 0.3) is 0 Å². The van der Waals surface area contributed by atoms with Gasteiger partial charge in [0, 0.05) is 11.9 Å². The fourth-order valence-corrected chi connectivity index (χ4v) is 2.11. The molecule has 1 amide bonds. The third kappa shape index (κ3) is 4.07. The maximum absolute atomic E-state index is 11.9. The predicted molar refractivity (Wildman–Crippen MR) is 71.6 cm³/mol. The summed E-state index contributed by atoms with van der Waals surface area (Å²) in [7, 11) is 2.91. The number of amides is 1. The zero-order valence-electron chi connectivity index (χ0n) is 10.8. The molecule has 0 aliphatic rings. The van der Waals surface area contributed by atoms with Crippen molar-refractivity contribution in [3.05, 3.63) is 29.8 Å². The first-order chi connectivity index (χ1) is 8.58. The molecule has 1 rings (SSSR count). The fourth-order valence-electron chi connectivity index (χ4n) is 1.49. The van der Waals surface area contributed by atoms with Crippen LogP contribution in [-0.4, -0.2) is 43.7 Å². The highest BCUT2D eigenvalue weighted by molar-refractivity contribution is 7.98. The number of likely N-dealkylation sites (N-methyl/N-ethyl adjacent to an activating group) is 1. The van der Waals surface area contributed by atoms with Crippen molar-refractivity contribution in [2.75, 3.05) is 27.0 Å². The molecule has 0 aromatic heterocycles. The molecule has 0 N–H and O–H groups in total. The molecule has 0 saturated heterocycles. The van der Waals surface area contributed by atoms with E-state index >= 15 is 0 Å². The number of nitrogens with zero attached hydrogens (tertiary/aromatic N) is 1. The molecule has 1 aromatic rings. The predicted octanol–water partition coefficient (Wildman–Crippen LogP) is 1.58. The third-order valence-electron chi connectivity index (χ3n) is 2.55. The maximum atomic E-state index is 11.9. The number of hydrogen-bond acceptors (Lipinski definition) is 4. The van der Waals surface area contributed by atoms with Gasteiger partial charge in [-0.05, 0) is 17.9 Å². The van der Waals surface area contributed by atoms with E-state index in [1.807, 2.05) is 30.5 Å². The molecule has 98 valence electrons. The Hall–Kier alpha value is -1.49. The molecule has 1 aromatic carbocycles. The third-order valence-corrected chi connectivity index (χ3v) is 3.39. The van der Waals surface area contributed by atoms with Gasteiger partial charge in [-0.2, -0.15) is 0 Å². The summed E-state index contributed by atoms with van der Waals surface area (Å²) >= 11 is 1.61. The van der Waals surface area contributed by atoms with E-state index in [2.05, 4.69) is 4.74 Å². The van der Waals surface area contributed by atoms with Crippen LogP contribution in [0.15, 0.2) is 29.2 Å². The van der Waals surface area contributed by atoms with Gasteiger partial charge in [-0.1, -0.05) is 18.2 Å². The van der Waals surface area contributed by atoms with E-state index in [0.29, 0.717) is 6.42 Å². The highest BCUT2D eigenvalue weighted by Gasteiger charge is 2.14. The molecular formula is C13H17NO3S. The Morgan fingerprint density at radius 2 is 2.00 bits per heavy atom. The van der Waals surface area contributed by atoms with E-state index in [4.69, 9.17) is 0 Å². The Morgan fingerprint density at radius 1 is 1.33 bits per heavy atom. The Balaban J connectivity index is 2.66. The van der Waals surface area contributed by atoms with Crippen LogP contribution in [0, 0.1) is 0 Å². The highest BCUT2D eigenvalue weighted by Crippen LogP contribution is 2.20. The van der Waals surface area contributed by atoms with Crippen molar-refractivity contribution in [2.45, 2.75) is 11.3 Å². The lowest BCUT2D eigenvalue weighted by Gasteiger charge is -2.16. The first kappa shape index (κ1) is 14.6. The molecule has 0 aliphatic carbocycles. The number of methoxy groups -OCH3 is 1. The summed E-state index contributed by atoms with van der Waals surface area (Å²) in [5, 5.41) is 0. The Kier molecular flexibility index (Phi) is 5.71. The Morgan fingerprint density at radius 3 is 2.61 bits per heavy atom. The first-order valence-electron chi connectivity index (χ1n) is 5.51. The summed E-state index contributed by atoms with van der Waals surface area (Å²) in [5.74, 6) is -0.508. The van der Waals surface area contributed by atoms with Crippen molar-refractivity contribution >= 4 is 23.6 Å². The molecule has 0 aliphatic heterocycles. The van der Waals surface area contributed by atoms with E-state index in [9.17, 15) is 9.59 Å². The van der Waals surface area contributed by atoms with Gasteiger partial charge in [0.1, 0.15) is 6.54 Å². The van der Waals surface area contributed by atoms with Crippen LogP contribution < -0.4 is 0 Å². The quantitative estimate of drug-likeness (QED) is 0.600. The molecule has 5 heteroatoms. The lowest BCUT2D eigenvalue weighted by atomic mass is 10.1. The van der Waals surface area contributed by atoms with Crippen LogP contribution in [0.4, 0.5) is 0 Å². The minimum absolute atomic E-state index is 0.0171. The van der Waals surface area contributed by atoms with Crippen LogP contribution in [0.2, 0.25) is 0 Å². The van der Waals surface area contributed by atoms with Crippen LogP contribution in [0.5, 0.6) is 0 Å². The number of thioether (sulfide) groups is 1. The normalized spacial score (nSPS) is 9.94. The van der Waals surface area contributed by atoms with E-state index in [1.165, 1.54) is 12.0 Å². The van der Waals surface area contributed by atoms with Gasteiger partial charge in [0.25, 0.3) is 0 Å². The molecule has 0 unspecified atom stereocenters. The maximum Gasteiger partial charge on any atom is 0.325 e. The second-order valence-electron chi connectivity index (χ2n) is 3.81. The van der Waals surface area contributed by atoms with Gasteiger partial charge in [0.15, 0.2) is 0 Å². The zero-order chi connectivity index (χ0) is 13.5.